The number of ether oxygens (including phenoxy) is 1. The number of halogens is 2. The lowest BCUT2D eigenvalue weighted by Gasteiger charge is -2.23. The van der Waals surface area contributed by atoms with Crippen LogP contribution >= 0.6 is 11.6 Å². The molecule has 1 heterocycles. The SMILES string of the molecule is CCN(CC)CCN(C)C(=O)c1cccc(Nc2nccc(N(Cc3cc(Cl)ccc3F)C(=O)Oc3c(C)cc(C)cc3C)n2)c1. The summed E-state index contributed by atoms with van der Waals surface area (Å²) in [4.78, 5) is 40.9. The Labute approximate surface area is 275 Å². The average molecular weight is 647 g/mol. The molecule has 1 N–H and O–H groups in total. The molecular formula is C35H40ClFN6O3. The van der Waals surface area contributed by atoms with Crippen LogP contribution in [0.1, 0.15) is 46.5 Å². The van der Waals surface area contributed by atoms with E-state index in [-0.39, 0.29) is 29.8 Å². The van der Waals surface area contributed by atoms with Crippen LogP contribution in [0.4, 0.5) is 26.6 Å². The Kier molecular flexibility index (Phi) is 11.7. The molecule has 4 aromatic rings. The van der Waals surface area contributed by atoms with Crippen molar-refractivity contribution in [1.82, 2.24) is 19.8 Å². The Bertz CT molecular complexity index is 1670. The molecule has 242 valence electrons. The summed E-state index contributed by atoms with van der Waals surface area (Å²) in [5.74, 6) is 0.130. The summed E-state index contributed by atoms with van der Waals surface area (Å²) >= 11 is 6.16. The van der Waals surface area contributed by atoms with Crippen LogP contribution in [0.25, 0.3) is 0 Å². The zero-order valence-corrected chi connectivity index (χ0v) is 27.9. The van der Waals surface area contributed by atoms with Crippen molar-refractivity contribution >= 4 is 41.1 Å². The second-order valence-corrected chi connectivity index (χ2v) is 11.6. The van der Waals surface area contributed by atoms with E-state index in [1.807, 2.05) is 32.9 Å². The van der Waals surface area contributed by atoms with Gasteiger partial charge in [0.15, 0.2) is 0 Å². The number of benzene rings is 3. The van der Waals surface area contributed by atoms with Crippen molar-refractivity contribution in [3.05, 3.63) is 106 Å². The van der Waals surface area contributed by atoms with E-state index in [9.17, 15) is 14.0 Å². The number of rotatable bonds is 12. The van der Waals surface area contributed by atoms with Gasteiger partial charge in [-0.05, 0) is 87.5 Å². The number of amides is 2. The number of aromatic nitrogens is 2. The highest BCUT2D eigenvalue weighted by atomic mass is 35.5. The molecule has 3 aromatic carbocycles. The van der Waals surface area contributed by atoms with Crippen molar-refractivity contribution in [2.75, 3.05) is 43.4 Å². The molecule has 0 saturated carbocycles. The molecule has 9 nitrogen and oxygen atoms in total. The maximum absolute atomic E-state index is 14.8. The highest BCUT2D eigenvalue weighted by molar-refractivity contribution is 6.30. The largest absolute Gasteiger partial charge is 0.421 e. The summed E-state index contributed by atoms with van der Waals surface area (Å²) in [6.07, 6.45) is 0.733. The van der Waals surface area contributed by atoms with Crippen molar-refractivity contribution in [3.8, 4) is 5.75 Å². The average Bonchev–Trinajstić information content (AvgIpc) is 3.03. The molecular weight excluding hydrogens is 607 g/mol. The molecule has 0 fully saturated rings. The number of hydrogen-bond acceptors (Lipinski definition) is 7. The molecule has 0 aliphatic rings. The first-order chi connectivity index (χ1) is 22.0. The lowest BCUT2D eigenvalue weighted by atomic mass is 10.1. The summed E-state index contributed by atoms with van der Waals surface area (Å²) in [6.45, 7) is 12.9. The van der Waals surface area contributed by atoms with E-state index in [2.05, 4.69) is 34.0 Å². The van der Waals surface area contributed by atoms with Crippen molar-refractivity contribution < 1.29 is 18.7 Å². The minimum absolute atomic E-state index is 0.107. The number of carbonyl (C=O) groups is 2. The monoisotopic (exact) mass is 646 g/mol. The van der Waals surface area contributed by atoms with E-state index < -0.39 is 11.9 Å². The molecule has 4 rings (SSSR count). The number of anilines is 3. The number of nitrogens with zero attached hydrogens (tertiary/aromatic N) is 5. The van der Waals surface area contributed by atoms with Gasteiger partial charge in [0.2, 0.25) is 5.95 Å². The quantitative estimate of drug-likeness (QED) is 0.170. The zero-order chi connectivity index (χ0) is 33.4. The minimum atomic E-state index is -0.751. The summed E-state index contributed by atoms with van der Waals surface area (Å²) in [5.41, 5.74) is 3.90. The standard InChI is InChI=1S/C35H40ClFN6O3/c1-7-42(8-2)17-16-41(6)33(44)26-10-9-11-29(21-26)39-34-38-15-14-31(40-34)43(22-27-20-28(36)12-13-30(27)37)35(45)46-32-24(4)18-23(3)19-25(32)5/h9-15,18-21H,7-8,16-17,22H2,1-6H3,(H,38,39,40). The second-order valence-electron chi connectivity index (χ2n) is 11.1. The zero-order valence-electron chi connectivity index (χ0n) is 27.1. The maximum Gasteiger partial charge on any atom is 0.421 e. The van der Waals surface area contributed by atoms with Crippen LogP contribution in [0.5, 0.6) is 5.75 Å². The molecule has 0 saturated heterocycles. The molecule has 2 amide bonds. The van der Waals surface area contributed by atoms with Gasteiger partial charge in [-0.3, -0.25) is 9.69 Å². The summed E-state index contributed by atoms with van der Waals surface area (Å²) in [7, 11) is 1.79. The Morgan fingerprint density at radius 1 is 0.957 bits per heavy atom. The lowest BCUT2D eigenvalue weighted by Crippen LogP contribution is -2.36. The first-order valence-corrected chi connectivity index (χ1v) is 15.6. The molecule has 0 atom stereocenters. The van der Waals surface area contributed by atoms with Gasteiger partial charge >= 0.3 is 6.09 Å². The van der Waals surface area contributed by atoms with Crippen LogP contribution in [0.3, 0.4) is 0 Å². The van der Waals surface area contributed by atoms with Crippen LogP contribution in [-0.4, -0.2) is 65.0 Å². The van der Waals surface area contributed by atoms with E-state index in [1.54, 1.807) is 36.2 Å². The summed E-state index contributed by atoms with van der Waals surface area (Å²) in [6, 6.07) is 16.6. The predicted molar refractivity (Wildman–Crippen MR) is 181 cm³/mol. The fourth-order valence-corrected chi connectivity index (χ4v) is 5.31. The van der Waals surface area contributed by atoms with E-state index in [0.717, 1.165) is 36.3 Å². The van der Waals surface area contributed by atoms with E-state index >= 15 is 0 Å². The van der Waals surface area contributed by atoms with Crippen molar-refractivity contribution in [2.45, 2.75) is 41.2 Å². The molecule has 0 unspecified atom stereocenters. The second kappa shape index (κ2) is 15.6. The maximum atomic E-state index is 14.8. The molecule has 0 aliphatic heterocycles. The van der Waals surface area contributed by atoms with Crippen LogP contribution in [0.2, 0.25) is 5.02 Å². The fourth-order valence-electron chi connectivity index (χ4n) is 5.12. The minimum Gasteiger partial charge on any atom is -0.409 e. The van der Waals surface area contributed by atoms with E-state index in [1.165, 1.54) is 35.4 Å². The van der Waals surface area contributed by atoms with E-state index in [0.29, 0.717) is 28.6 Å². The van der Waals surface area contributed by atoms with Crippen LogP contribution in [0, 0.1) is 26.6 Å². The van der Waals surface area contributed by atoms with Gasteiger partial charge in [-0.15, -0.1) is 0 Å². The highest BCUT2D eigenvalue weighted by Crippen LogP contribution is 2.28. The topological polar surface area (TPSA) is 90.9 Å². The molecule has 0 aliphatic carbocycles. The lowest BCUT2D eigenvalue weighted by molar-refractivity contribution is 0.0779. The van der Waals surface area contributed by atoms with Gasteiger partial charge < -0.3 is 19.9 Å². The van der Waals surface area contributed by atoms with Gasteiger partial charge in [0, 0.05) is 48.2 Å². The number of hydrogen-bond donors (Lipinski definition) is 1. The Balaban J connectivity index is 1.60. The fraction of sp³-hybridized carbons (Fsp3) is 0.314. The van der Waals surface area contributed by atoms with Crippen LogP contribution < -0.4 is 15.0 Å². The van der Waals surface area contributed by atoms with Crippen molar-refractivity contribution in [2.24, 2.45) is 0 Å². The molecule has 0 radical (unpaired) electrons. The van der Waals surface area contributed by atoms with Gasteiger partial charge in [-0.1, -0.05) is 49.2 Å². The molecule has 46 heavy (non-hydrogen) atoms. The third kappa shape index (κ3) is 8.80. The normalized spacial score (nSPS) is 11.0. The van der Waals surface area contributed by atoms with Gasteiger partial charge in [0.1, 0.15) is 17.4 Å². The molecule has 0 spiro atoms. The summed E-state index contributed by atoms with van der Waals surface area (Å²) < 4.78 is 20.7. The summed E-state index contributed by atoms with van der Waals surface area (Å²) in [5, 5.41) is 3.45. The Morgan fingerprint density at radius 2 is 1.67 bits per heavy atom. The van der Waals surface area contributed by atoms with Crippen molar-refractivity contribution in [1.29, 1.82) is 0 Å². The Hall–Kier alpha value is -4.54. The molecule has 11 heteroatoms. The van der Waals surface area contributed by atoms with E-state index in [4.69, 9.17) is 16.3 Å². The van der Waals surface area contributed by atoms with Gasteiger partial charge in [-0.25, -0.2) is 14.2 Å². The first kappa shape index (κ1) is 34.3. The van der Waals surface area contributed by atoms with Crippen LogP contribution in [0.15, 0.2) is 66.9 Å². The van der Waals surface area contributed by atoms with Gasteiger partial charge in [-0.2, -0.15) is 4.98 Å². The van der Waals surface area contributed by atoms with Crippen LogP contribution in [-0.2, 0) is 6.54 Å². The van der Waals surface area contributed by atoms with Crippen molar-refractivity contribution in [3.63, 3.8) is 0 Å². The van der Waals surface area contributed by atoms with Gasteiger partial charge in [0.05, 0.1) is 6.54 Å². The third-order valence-electron chi connectivity index (χ3n) is 7.63. The van der Waals surface area contributed by atoms with Gasteiger partial charge in [0.25, 0.3) is 5.91 Å². The number of aryl methyl sites for hydroxylation is 3. The Morgan fingerprint density at radius 3 is 2.37 bits per heavy atom. The number of nitrogens with one attached hydrogen (secondary N) is 1. The first-order valence-electron chi connectivity index (χ1n) is 15.2. The number of carbonyl (C=O) groups excluding carboxylic acids is 2. The molecule has 1 aromatic heterocycles. The predicted octanol–water partition coefficient (Wildman–Crippen LogP) is 7.56. The smallest absolute Gasteiger partial charge is 0.409 e. The highest BCUT2D eigenvalue weighted by Gasteiger charge is 2.24. The molecule has 0 bridgehead atoms. The number of likely N-dealkylation sites (N-methyl/N-ethyl adjacent to an activating group) is 2. The third-order valence-corrected chi connectivity index (χ3v) is 7.86.